The van der Waals surface area contributed by atoms with Crippen molar-refractivity contribution in [2.75, 3.05) is 11.9 Å². The molecule has 1 fully saturated rings. The maximum atomic E-state index is 13.1. The molecule has 3 rings (SSSR count). The van der Waals surface area contributed by atoms with Gasteiger partial charge in [-0.1, -0.05) is 11.3 Å². The Bertz CT molecular complexity index is 689. The average molecular weight is 311 g/mol. The Morgan fingerprint density at radius 3 is 2.71 bits per heavy atom. The number of thiazole rings is 1. The molecule has 0 bridgehead atoms. The number of halogens is 2. The quantitative estimate of drug-likeness (QED) is 0.907. The summed E-state index contributed by atoms with van der Waals surface area (Å²) in [5.74, 6) is -2.46. The van der Waals surface area contributed by atoms with Gasteiger partial charge in [-0.3, -0.25) is 9.59 Å². The van der Waals surface area contributed by atoms with Crippen molar-refractivity contribution in [2.45, 2.75) is 12.8 Å². The summed E-state index contributed by atoms with van der Waals surface area (Å²) in [4.78, 5) is 27.1. The molecule has 1 heterocycles. The first-order valence-electron chi connectivity index (χ1n) is 6.36. The minimum atomic E-state index is -0.984. The van der Waals surface area contributed by atoms with E-state index in [4.69, 9.17) is 0 Å². The van der Waals surface area contributed by atoms with Gasteiger partial charge >= 0.3 is 0 Å². The van der Waals surface area contributed by atoms with Crippen LogP contribution in [-0.4, -0.2) is 23.3 Å². The zero-order valence-corrected chi connectivity index (χ0v) is 11.6. The highest BCUT2D eigenvalue weighted by Gasteiger charge is 2.29. The third kappa shape index (κ3) is 3.15. The number of anilines is 1. The van der Waals surface area contributed by atoms with Crippen LogP contribution in [0.15, 0.2) is 12.1 Å². The molecule has 8 heteroatoms. The van der Waals surface area contributed by atoms with E-state index in [0.717, 1.165) is 36.3 Å². The number of carbonyl (C=O) groups excluding carboxylic acids is 2. The Morgan fingerprint density at radius 1 is 1.29 bits per heavy atom. The molecule has 0 radical (unpaired) electrons. The summed E-state index contributed by atoms with van der Waals surface area (Å²) >= 11 is 1.04. The van der Waals surface area contributed by atoms with E-state index >= 15 is 0 Å². The molecule has 0 spiro atoms. The van der Waals surface area contributed by atoms with Crippen LogP contribution in [0.25, 0.3) is 10.2 Å². The zero-order valence-electron chi connectivity index (χ0n) is 10.8. The van der Waals surface area contributed by atoms with E-state index in [1.165, 1.54) is 0 Å². The third-order valence-corrected chi connectivity index (χ3v) is 3.98. The van der Waals surface area contributed by atoms with Crippen LogP contribution in [0, 0.1) is 17.6 Å². The third-order valence-electron chi connectivity index (χ3n) is 3.05. The molecule has 1 saturated carbocycles. The minimum Gasteiger partial charge on any atom is -0.347 e. The van der Waals surface area contributed by atoms with Crippen molar-refractivity contribution in [1.29, 1.82) is 0 Å². The van der Waals surface area contributed by atoms with E-state index in [0.29, 0.717) is 4.70 Å². The first-order valence-corrected chi connectivity index (χ1v) is 7.18. The lowest BCUT2D eigenvalue weighted by Crippen LogP contribution is -2.33. The molecular weight excluding hydrogens is 300 g/mol. The fourth-order valence-corrected chi connectivity index (χ4v) is 2.69. The fraction of sp³-hybridized carbons (Fsp3) is 0.308. The maximum absolute atomic E-state index is 13.1. The van der Waals surface area contributed by atoms with Crippen molar-refractivity contribution in [3.63, 3.8) is 0 Å². The summed E-state index contributed by atoms with van der Waals surface area (Å²) in [7, 11) is 0. The number of nitrogens with one attached hydrogen (secondary N) is 2. The molecule has 1 aromatic carbocycles. The zero-order chi connectivity index (χ0) is 15.0. The Hall–Kier alpha value is -2.09. The lowest BCUT2D eigenvalue weighted by molar-refractivity contribution is -0.125. The molecule has 1 aromatic heterocycles. The summed E-state index contributed by atoms with van der Waals surface area (Å²) < 4.78 is 26.6. The first-order chi connectivity index (χ1) is 10.0. The second kappa shape index (κ2) is 5.36. The molecule has 0 saturated heterocycles. The van der Waals surface area contributed by atoms with Crippen LogP contribution in [0.5, 0.6) is 0 Å². The van der Waals surface area contributed by atoms with Crippen molar-refractivity contribution in [3.05, 3.63) is 23.8 Å². The summed E-state index contributed by atoms with van der Waals surface area (Å²) in [6.07, 6.45) is 1.73. The summed E-state index contributed by atoms with van der Waals surface area (Å²) in [6.45, 7) is -0.145. The van der Waals surface area contributed by atoms with Gasteiger partial charge in [-0.25, -0.2) is 13.8 Å². The van der Waals surface area contributed by atoms with Gasteiger partial charge in [0, 0.05) is 12.0 Å². The highest BCUT2D eigenvalue weighted by atomic mass is 32.1. The molecule has 2 amide bonds. The summed E-state index contributed by atoms with van der Waals surface area (Å²) in [5, 5.41) is 5.25. The monoisotopic (exact) mass is 311 g/mol. The lowest BCUT2D eigenvalue weighted by Gasteiger charge is -2.03. The predicted molar refractivity (Wildman–Crippen MR) is 73.9 cm³/mol. The second-order valence-corrected chi connectivity index (χ2v) is 5.82. The number of hydrogen-bond donors (Lipinski definition) is 2. The molecule has 21 heavy (non-hydrogen) atoms. The molecule has 110 valence electrons. The van der Waals surface area contributed by atoms with Gasteiger partial charge in [-0.2, -0.15) is 0 Å². The van der Waals surface area contributed by atoms with Gasteiger partial charge < -0.3 is 10.6 Å². The normalized spacial score (nSPS) is 14.2. The summed E-state index contributed by atoms with van der Waals surface area (Å²) in [6, 6.07) is 2.01. The van der Waals surface area contributed by atoms with Crippen molar-refractivity contribution < 1.29 is 18.4 Å². The number of fused-ring (bicyclic) bond motifs is 1. The lowest BCUT2D eigenvalue weighted by atomic mass is 10.3. The van der Waals surface area contributed by atoms with Crippen molar-refractivity contribution >= 4 is 38.5 Å². The van der Waals surface area contributed by atoms with Crippen LogP contribution >= 0.6 is 11.3 Å². The number of amides is 2. The molecule has 0 unspecified atom stereocenters. The largest absolute Gasteiger partial charge is 0.347 e. The Balaban J connectivity index is 1.63. The van der Waals surface area contributed by atoms with Crippen molar-refractivity contribution in [2.24, 2.45) is 5.92 Å². The van der Waals surface area contributed by atoms with Crippen LogP contribution < -0.4 is 10.6 Å². The molecule has 1 aliphatic carbocycles. The Labute approximate surface area is 122 Å². The molecule has 0 aliphatic heterocycles. The van der Waals surface area contributed by atoms with Crippen LogP contribution in [0.3, 0.4) is 0 Å². The highest BCUT2D eigenvalue weighted by Crippen LogP contribution is 2.29. The van der Waals surface area contributed by atoms with E-state index < -0.39 is 17.5 Å². The van der Waals surface area contributed by atoms with Gasteiger partial charge in [0.1, 0.15) is 0 Å². The predicted octanol–water partition coefficient (Wildman–Crippen LogP) is 2.04. The number of rotatable bonds is 4. The minimum absolute atomic E-state index is 0.0335. The second-order valence-electron chi connectivity index (χ2n) is 4.79. The van der Waals surface area contributed by atoms with Gasteiger partial charge in [0.15, 0.2) is 16.8 Å². The molecule has 2 aromatic rings. The molecular formula is C13H11F2N3O2S. The topological polar surface area (TPSA) is 71.1 Å². The highest BCUT2D eigenvalue weighted by molar-refractivity contribution is 7.22. The van der Waals surface area contributed by atoms with Crippen molar-refractivity contribution in [3.8, 4) is 0 Å². The summed E-state index contributed by atoms with van der Waals surface area (Å²) in [5.41, 5.74) is 0.274. The van der Waals surface area contributed by atoms with Gasteiger partial charge in [-0.15, -0.1) is 0 Å². The smallest absolute Gasteiger partial charge is 0.245 e. The van der Waals surface area contributed by atoms with Gasteiger partial charge in [0.05, 0.1) is 16.8 Å². The van der Waals surface area contributed by atoms with Crippen LogP contribution in [0.2, 0.25) is 0 Å². The number of hydrogen-bond acceptors (Lipinski definition) is 4. The first kappa shape index (κ1) is 13.9. The van der Waals surface area contributed by atoms with Gasteiger partial charge in [-0.05, 0) is 18.9 Å². The molecule has 5 nitrogen and oxygen atoms in total. The van der Waals surface area contributed by atoms with Crippen LogP contribution in [0.4, 0.5) is 13.9 Å². The number of nitrogens with zero attached hydrogens (tertiary/aromatic N) is 1. The van der Waals surface area contributed by atoms with Crippen LogP contribution in [0.1, 0.15) is 12.8 Å². The number of aromatic nitrogens is 1. The van der Waals surface area contributed by atoms with Gasteiger partial charge in [0.2, 0.25) is 11.8 Å². The van der Waals surface area contributed by atoms with Crippen molar-refractivity contribution in [1.82, 2.24) is 10.3 Å². The number of benzene rings is 1. The Morgan fingerprint density at radius 2 is 2.00 bits per heavy atom. The maximum Gasteiger partial charge on any atom is 0.245 e. The van der Waals surface area contributed by atoms with E-state index in [2.05, 4.69) is 15.6 Å². The SMILES string of the molecule is O=C(CNC(=O)C1CC1)Nc1nc2cc(F)c(F)cc2s1. The van der Waals surface area contributed by atoms with E-state index in [1.54, 1.807) is 0 Å². The molecule has 2 N–H and O–H groups in total. The van der Waals surface area contributed by atoms with E-state index in [-0.39, 0.29) is 29.0 Å². The van der Waals surface area contributed by atoms with Gasteiger partial charge in [0.25, 0.3) is 0 Å². The standard InChI is InChI=1S/C13H11F2N3O2S/c14-7-3-9-10(4-8(7)15)21-13(17-9)18-11(19)5-16-12(20)6-1-2-6/h3-4,6H,1-2,5H2,(H,16,20)(H,17,18,19). The van der Waals surface area contributed by atoms with E-state index in [1.807, 2.05) is 0 Å². The fourth-order valence-electron chi connectivity index (χ4n) is 1.80. The van der Waals surface area contributed by atoms with E-state index in [9.17, 15) is 18.4 Å². The molecule has 1 aliphatic rings. The Kier molecular flexibility index (Phi) is 3.54. The molecule has 0 atom stereocenters. The van der Waals surface area contributed by atoms with Crippen LogP contribution in [-0.2, 0) is 9.59 Å². The average Bonchev–Trinajstić information content (AvgIpc) is 3.20. The number of carbonyl (C=O) groups is 2.